The molecular formula is C17H28N2. The third kappa shape index (κ3) is 4.63. The molecule has 0 unspecified atom stereocenters. The first-order valence-corrected chi connectivity index (χ1v) is 7.72. The van der Waals surface area contributed by atoms with Crippen LogP contribution in [0.1, 0.15) is 49.7 Å². The Morgan fingerprint density at radius 3 is 2.47 bits per heavy atom. The smallest absolute Gasteiger partial charge is 0.0233 e. The van der Waals surface area contributed by atoms with Crippen LogP contribution in [0.3, 0.4) is 0 Å². The van der Waals surface area contributed by atoms with E-state index >= 15 is 0 Å². The molecule has 106 valence electrons. The fraction of sp³-hybridized carbons (Fsp3) is 0.647. The number of hydrogen-bond donors (Lipinski definition) is 1. The van der Waals surface area contributed by atoms with Crippen molar-refractivity contribution in [3.05, 3.63) is 35.4 Å². The Morgan fingerprint density at radius 1 is 1.11 bits per heavy atom. The van der Waals surface area contributed by atoms with Crippen molar-refractivity contribution in [2.75, 3.05) is 14.1 Å². The lowest BCUT2D eigenvalue weighted by molar-refractivity contribution is 0.213. The summed E-state index contributed by atoms with van der Waals surface area (Å²) in [5.74, 6) is 0. The monoisotopic (exact) mass is 260 g/mol. The molecule has 0 heterocycles. The lowest BCUT2D eigenvalue weighted by atomic mass is 10.1. The van der Waals surface area contributed by atoms with Crippen LogP contribution in [0.4, 0.5) is 0 Å². The molecule has 0 spiro atoms. The summed E-state index contributed by atoms with van der Waals surface area (Å²) in [6.45, 7) is 2.04. The molecule has 1 aromatic carbocycles. The maximum atomic E-state index is 3.22. The summed E-state index contributed by atoms with van der Waals surface area (Å²) in [6.07, 6.45) is 8.45. The highest BCUT2D eigenvalue weighted by molar-refractivity contribution is 5.23. The standard InChI is InChI=1S/C17H28N2/c1-18-13-15-8-7-9-16(12-15)14-19(2)17-10-5-3-4-6-11-17/h7-9,12,17-18H,3-6,10-11,13-14H2,1-2H3. The van der Waals surface area contributed by atoms with E-state index in [1.807, 2.05) is 7.05 Å². The highest BCUT2D eigenvalue weighted by Gasteiger charge is 2.16. The van der Waals surface area contributed by atoms with Gasteiger partial charge in [-0.2, -0.15) is 0 Å². The van der Waals surface area contributed by atoms with Crippen LogP contribution >= 0.6 is 0 Å². The van der Waals surface area contributed by atoms with Crippen molar-refractivity contribution in [1.29, 1.82) is 0 Å². The van der Waals surface area contributed by atoms with E-state index < -0.39 is 0 Å². The SMILES string of the molecule is CNCc1cccc(CN(C)C2CCCCCC2)c1. The molecule has 1 aromatic rings. The van der Waals surface area contributed by atoms with Gasteiger partial charge in [-0.25, -0.2) is 0 Å². The van der Waals surface area contributed by atoms with Crippen LogP contribution in [-0.2, 0) is 13.1 Å². The fourth-order valence-electron chi connectivity index (χ4n) is 3.16. The molecule has 1 aliphatic rings. The molecular weight excluding hydrogens is 232 g/mol. The Morgan fingerprint density at radius 2 is 1.79 bits per heavy atom. The minimum atomic E-state index is 0.787. The van der Waals surface area contributed by atoms with Crippen LogP contribution in [0.15, 0.2) is 24.3 Å². The number of hydrogen-bond acceptors (Lipinski definition) is 2. The molecule has 1 saturated carbocycles. The number of nitrogens with one attached hydrogen (secondary N) is 1. The van der Waals surface area contributed by atoms with Gasteiger partial charge in [0.15, 0.2) is 0 Å². The van der Waals surface area contributed by atoms with E-state index in [-0.39, 0.29) is 0 Å². The zero-order chi connectivity index (χ0) is 13.5. The Balaban J connectivity index is 1.93. The van der Waals surface area contributed by atoms with E-state index in [0.29, 0.717) is 0 Å². The summed E-state index contributed by atoms with van der Waals surface area (Å²) < 4.78 is 0. The topological polar surface area (TPSA) is 15.3 Å². The zero-order valence-corrected chi connectivity index (χ0v) is 12.5. The average Bonchev–Trinajstić information content (AvgIpc) is 2.68. The Hall–Kier alpha value is -0.860. The quantitative estimate of drug-likeness (QED) is 0.814. The van der Waals surface area contributed by atoms with Gasteiger partial charge < -0.3 is 5.32 Å². The summed E-state index contributed by atoms with van der Waals surface area (Å²) >= 11 is 0. The van der Waals surface area contributed by atoms with Gasteiger partial charge in [0.25, 0.3) is 0 Å². The molecule has 2 nitrogen and oxygen atoms in total. The van der Waals surface area contributed by atoms with Gasteiger partial charge in [0.05, 0.1) is 0 Å². The van der Waals surface area contributed by atoms with Gasteiger partial charge in [-0.05, 0) is 38.1 Å². The molecule has 1 N–H and O–H groups in total. The van der Waals surface area contributed by atoms with Gasteiger partial charge in [0.1, 0.15) is 0 Å². The highest BCUT2D eigenvalue weighted by Crippen LogP contribution is 2.22. The van der Waals surface area contributed by atoms with Gasteiger partial charge in [-0.3, -0.25) is 4.90 Å². The van der Waals surface area contributed by atoms with Crippen LogP contribution in [0.5, 0.6) is 0 Å². The summed E-state index contributed by atoms with van der Waals surface area (Å²) in [5, 5.41) is 3.22. The lowest BCUT2D eigenvalue weighted by Crippen LogP contribution is -2.30. The first kappa shape index (κ1) is 14.5. The Bertz CT molecular complexity index is 367. The maximum Gasteiger partial charge on any atom is 0.0233 e. The van der Waals surface area contributed by atoms with E-state index in [0.717, 1.165) is 19.1 Å². The van der Waals surface area contributed by atoms with Crippen molar-refractivity contribution < 1.29 is 0 Å². The second-order valence-corrected chi connectivity index (χ2v) is 5.91. The molecule has 19 heavy (non-hydrogen) atoms. The second kappa shape index (κ2) is 7.66. The van der Waals surface area contributed by atoms with Crippen LogP contribution in [-0.4, -0.2) is 25.0 Å². The largest absolute Gasteiger partial charge is 0.316 e. The number of rotatable bonds is 5. The van der Waals surface area contributed by atoms with E-state index in [2.05, 4.69) is 41.5 Å². The molecule has 0 aromatic heterocycles. The van der Waals surface area contributed by atoms with Gasteiger partial charge in [-0.15, -0.1) is 0 Å². The van der Waals surface area contributed by atoms with Crippen LogP contribution in [0, 0.1) is 0 Å². The predicted octanol–water partition coefficient (Wildman–Crippen LogP) is 3.56. The molecule has 0 amide bonds. The van der Waals surface area contributed by atoms with Crippen molar-refractivity contribution in [1.82, 2.24) is 10.2 Å². The normalized spacial score (nSPS) is 17.6. The van der Waals surface area contributed by atoms with Crippen molar-refractivity contribution in [3.63, 3.8) is 0 Å². The minimum absolute atomic E-state index is 0.787. The van der Waals surface area contributed by atoms with Gasteiger partial charge in [0.2, 0.25) is 0 Å². The van der Waals surface area contributed by atoms with E-state index in [1.165, 1.54) is 49.7 Å². The van der Waals surface area contributed by atoms with Gasteiger partial charge in [0, 0.05) is 19.1 Å². The molecule has 0 radical (unpaired) electrons. The Labute approximate surface area is 118 Å². The second-order valence-electron chi connectivity index (χ2n) is 5.91. The highest BCUT2D eigenvalue weighted by atomic mass is 15.1. The van der Waals surface area contributed by atoms with Crippen molar-refractivity contribution in [2.45, 2.75) is 57.7 Å². The molecule has 2 heteroatoms. The van der Waals surface area contributed by atoms with Crippen molar-refractivity contribution in [3.8, 4) is 0 Å². The Kier molecular flexibility index (Phi) is 5.87. The van der Waals surface area contributed by atoms with E-state index in [1.54, 1.807) is 0 Å². The van der Waals surface area contributed by atoms with Crippen molar-refractivity contribution >= 4 is 0 Å². The fourth-order valence-corrected chi connectivity index (χ4v) is 3.16. The summed E-state index contributed by atoms with van der Waals surface area (Å²) in [5.41, 5.74) is 2.83. The summed E-state index contributed by atoms with van der Waals surface area (Å²) in [6, 6.07) is 9.76. The lowest BCUT2D eigenvalue weighted by Gasteiger charge is -2.27. The maximum absolute atomic E-state index is 3.22. The van der Waals surface area contributed by atoms with Crippen molar-refractivity contribution in [2.24, 2.45) is 0 Å². The first-order valence-electron chi connectivity index (χ1n) is 7.72. The van der Waals surface area contributed by atoms with Gasteiger partial charge >= 0.3 is 0 Å². The van der Waals surface area contributed by atoms with Crippen LogP contribution in [0.2, 0.25) is 0 Å². The summed E-state index contributed by atoms with van der Waals surface area (Å²) in [4.78, 5) is 2.56. The molecule has 0 atom stereocenters. The molecule has 1 aliphatic carbocycles. The molecule has 1 fully saturated rings. The number of benzene rings is 1. The minimum Gasteiger partial charge on any atom is -0.316 e. The van der Waals surface area contributed by atoms with Gasteiger partial charge in [-0.1, -0.05) is 49.9 Å². The van der Waals surface area contributed by atoms with Crippen LogP contribution in [0.25, 0.3) is 0 Å². The molecule has 2 rings (SSSR count). The number of nitrogens with zero attached hydrogens (tertiary/aromatic N) is 1. The third-order valence-electron chi connectivity index (χ3n) is 4.25. The zero-order valence-electron chi connectivity index (χ0n) is 12.5. The average molecular weight is 260 g/mol. The van der Waals surface area contributed by atoms with Crippen LogP contribution < -0.4 is 5.32 Å². The molecule has 0 saturated heterocycles. The van der Waals surface area contributed by atoms with E-state index in [9.17, 15) is 0 Å². The summed E-state index contributed by atoms with van der Waals surface area (Å²) in [7, 11) is 4.30. The first-order chi connectivity index (χ1) is 9.29. The molecule has 0 aliphatic heterocycles. The molecule has 0 bridgehead atoms. The van der Waals surface area contributed by atoms with E-state index in [4.69, 9.17) is 0 Å². The third-order valence-corrected chi connectivity index (χ3v) is 4.25. The predicted molar refractivity (Wildman–Crippen MR) is 82.2 cm³/mol.